The Morgan fingerprint density at radius 2 is 2.00 bits per heavy atom. The normalized spacial score (nSPS) is 16.5. The van der Waals surface area contributed by atoms with Gasteiger partial charge in [0.25, 0.3) is 0 Å². The molecule has 1 aromatic heterocycles. The van der Waals surface area contributed by atoms with E-state index < -0.39 is 0 Å². The number of methoxy groups -OCH3 is 1. The quantitative estimate of drug-likeness (QED) is 0.584. The number of hydrogen-bond donors (Lipinski definition) is 0. The van der Waals surface area contributed by atoms with Crippen LogP contribution in [0.2, 0.25) is 0 Å². The zero-order valence-electron chi connectivity index (χ0n) is 17.4. The Morgan fingerprint density at radius 3 is 2.76 bits per heavy atom. The van der Waals surface area contributed by atoms with E-state index in [0.717, 1.165) is 38.5 Å². The van der Waals surface area contributed by atoms with Crippen molar-refractivity contribution in [2.45, 2.75) is 19.5 Å². The van der Waals surface area contributed by atoms with Crippen LogP contribution in [0.4, 0.5) is 5.69 Å². The van der Waals surface area contributed by atoms with E-state index >= 15 is 0 Å². The number of anilines is 1. The lowest BCUT2D eigenvalue weighted by Crippen LogP contribution is -2.28. The Bertz CT molecular complexity index is 895. The predicted molar refractivity (Wildman–Crippen MR) is 117 cm³/mol. The summed E-state index contributed by atoms with van der Waals surface area (Å²) in [5.74, 6) is 1.63. The second-order valence-electron chi connectivity index (χ2n) is 7.98. The summed E-state index contributed by atoms with van der Waals surface area (Å²) >= 11 is 0. The van der Waals surface area contributed by atoms with Gasteiger partial charge >= 0.3 is 0 Å². The molecule has 152 valence electrons. The van der Waals surface area contributed by atoms with Gasteiger partial charge in [-0.25, -0.2) is 0 Å². The number of aromatic nitrogens is 2. The van der Waals surface area contributed by atoms with Gasteiger partial charge in [0, 0.05) is 49.8 Å². The molecule has 5 nitrogen and oxygen atoms in total. The minimum absolute atomic E-state index is 0.710. The Balaban J connectivity index is 1.35. The van der Waals surface area contributed by atoms with Gasteiger partial charge in [0.1, 0.15) is 5.75 Å². The molecule has 0 bridgehead atoms. The van der Waals surface area contributed by atoms with Gasteiger partial charge in [-0.1, -0.05) is 24.3 Å². The standard InChI is InChI=1S/C24H30N4O/c1-26(17-21-11-14-27(18-21)23-7-4-3-5-8-23)16-20-9-10-24(29-2)22(15-20)19-28-13-6-12-25-28/h3-10,12-13,15,21H,11,14,16-19H2,1-2H3. The number of rotatable bonds is 8. The van der Waals surface area contributed by atoms with Gasteiger partial charge in [-0.2, -0.15) is 5.10 Å². The molecule has 4 rings (SSSR count). The maximum atomic E-state index is 5.56. The molecule has 1 fully saturated rings. The van der Waals surface area contributed by atoms with Crippen LogP contribution in [0, 0.1) is 5.92 Å². The highest BCUT2D eigenvalue weighted by atomic mass is 16.5. The predicted octanol–water partition coefficient (Wildman–Crippen LogP) is 3.90. The van der Waals surface area contributed by atoms with Crippen molar-refractivity contribution in [3.05, 3.63) is 78.1 Å². The lowest BCUT2D eigenvalue weighted by Gasteiger charge is -2.23. The minimum Gasteiger partial charge on any atom is -0.496 e. The zero-order valence-corrected chi connectivity index (χ0v) is 17.4. The van der Waals surface area contributed by atoms with E-state index in [1.165, 1.54) is 23.2 Å². The highest BCUT2D eigenvalue weighted by molar-refractivity contribution is 5.46. The number of benzene rings is 2. The van der Waals surface area contributed by atoms with Crippen molar-refractivity contribution in [1.29, 1.82) is 0 Å². The summed E-state index contributed by atoms with van der Waals surface area (Å²) in [6, 6.07) is 19.2. The van der Waals surface area contributed by atoms with Crippen molar-refractivity contribution >= 4 is 5.69 Å². The summed E-state index contributed by atoms with van der Waals surface area (Å²) in [4.78, 5) is 4.95. The molecule has 1 atom stereocenters. The first kappa shape index (κ1) is 19.5. The highest BCUT2D eigenvalue weighted by Crippen LogP contribution is 2.25. The van der Waals surface area contributed by atoms with E-state index in [-0.39, 0.29) is 0 Å². The maximum Gasteiger partial charge on any atom is 0.123 e. The molecule has 0 radical (unpaired) electrons. The van der Waals surface area contributed by atoms with Crippen LogP contribution >= 0.6 is 0 Å². The molecule has 2 aromatic carbocycles. The third kappa shape index (κ3) is 4.98. The average molecular weight is 391 g/mol. The molecule has 2 heterocycles. The first-order valence-electron chi connectivity index (χ1n) is 10.3. The second kappa shape index (κ2) is 9.14. The summed E-state index contributed by atoms with van der Waals surface area (Å²) in [5.41, 5.74) is 3.82. The molecule has 0 N–H and O–H groups in total. The highest BCUT2D eigenvalue weighted by Gasteiger charge is 2.23. The van der Waals surface area contributed by atoms with Crippen LogP contribution in [-0.4, -0.2) is 48.5 Å². The van der Waals surface area contributed by atoms with Gasteiger partial charge in [0.15, 0.2) is 0 Å². The van der Waals surface area contributed by atoms with Crippen molar-refractivity contribution < 1.29 is 4.74 Å². The Labute approximate surface area is 173 Å². The van der Waals surface area contributed by atoms with E-state index in [2.05, 4.69) is 70.5 Å². The fraction of sp³-hybridized carbons (Fsp3) is 0.375. The van der Waals surface area contributed by atoms with Crippen molar-refractivity contribution in [3.63, 3.8) is 0 Å². The molecular formula is C24H30N4O. The van der Waals surface area contributed by atoms with Crippen LogP contribution in [0.25, 0.3) is 0 Å². The zero-order chi connectivity index (χ0) is 20.1. The maximum absolute atomic E-state index is 5.56. The smallest absolute Gasteiger partial charge is 0.123 e. The molecule has 0 saturated carbocycles. The number of ether oxygens (including phenoxy) is 1. The molecule has 29 heavy (non-hydrogen) atoms. The number of nitrogens with zero attached hydrogens (tertiary/aromatic N) is 4. The van der Waals surface area contributed by atoms with E-state index in [4.69, 9.17) is 4.74 Å². The molecule has 3 aromatic rings. The fourth-order valence-electron chi connectivity index (χ4n) is 4.29. The molecule has 1 saturated heterocycles. The van der Waals surface area contributed by atoms with Crippen molar-refractivity contribution in [2.24, 2.45) is 5.92 Å². The van der Waals surface area contributed by atoms with Crippen LogP contribution in [0.15, 0.2) is 67.0 Å². The van der Waals surface area contributed by atoms with E-state index in [1.54, 1.807) is 7.11 Å². The van der Waals surface area contributed by atoms with Crippen LogP contribution in [-0.2, 0) is 13.1 Å². The SMILES string of the molecule is COc1ccc(CN(C)CC2CCN(c3ccccc3)C2)cc1Cn1cccn1. The van der Waals surface area contributed by atoms with Crippen molar-refractivity contribution in [1.82, 2.24) is 14.7 Å². The summed E-state index contributed by atoms with van der Waals surface area (Å²) in [6.07, 6.45) is 5.05. The number of para-hydroxylation sites is 1. The van der Waals surface area contributed by atoms with Crippen LogP contribution in [0.5, 0.6) is 5.75 Å². The molecule has 5 heteroatoms. The van der Waals surface area contributed by atoms with Crippen LogP contribution < -0.4 is 9.64 Å². The Morgan fingerprint density at radius 1 is 1.14 bits per heavy atom. The third-order valence-corrected chi connectivity index (χ3v) is 5.67. The fourth-order valence-corrected chi connectivity index (χ4v) is 4.29. The van der Waals surface area contributed by atoms with E-state index in [1.807, 2.05) is 23.1 Å². The first-order valence-corrected chi connectivity index (χ1v) is 10.3. The minimum atomic E-state index is 0.710. The van der Waals surface area contributed by atoms with E-state index in [0.29, 0.717) is 5.92 Å². The van der Waals surface area contributed by atoms with Gasteiger partial charge in [-0.3, -0.25) is 4.68 Å². The third-order valence-electron chi connectivity index (χ3n) is 5.67. The Kier molecular flexibility index (Phi) is 6.15. The molecule has 0 spiro atoms. The topological polar surface area (TPSA) is 33.5 Å². The Hall–Kier alpha value is -2.79. The second-order valence-corrected chi connectivity index (χ2v) is 7.98. The monoisotopic (exact) mass is 390 g/mol. The molecule has 0 aliphatic carbocycles. The van der Waals surface area contributed by atoms with Gasteiger partial charge < -0.3 is 14.5 Å². The van der Waals surface area contributed by atoms with Gasteiger partial charge in [-0.05, 0) is 55.3 Å². The molecule has 1 unspecified atom stereocenters. The lowest BCUT2D eigenvalue weighted by molar-refractivity contribution is 0.279. The van der Waals surface area contributed by atoms with Crippen LogP contribution in [0.1, 0.15) is 17.5 Å². The summed E-state index contributed by atoms with van der Waals surface area (Å²) < 4.78 is 7.49. The van der Waals surface area contributed by atoms with Gasteiger partial charge in [0.05, 0.1) is 13.7 Å². The summed E-state index contributed by atoms with van der Waals surface area (Å²) in [5, 5.41) is 4.32. The molecule has 1 aliphatic rings. The van der Waals surface area contributed by atoms with Gasteiger partial charge in [0.2, 0.25) is 0 Å². The van der Waals surface area contributed by atoms with E-state index in [9.17, 15) is 0 Å². The molecular weight excluding hydrogens is 360 g/mol. The van der Waals surface area contributed by atoms with Crippen molar-refractivity contribution in [2.75, 3.05) is 38.7 Å². The van der Waals surface area contributed by atoms with Crippen molar-refractivity contribution in [3.8, 4) is 5.75 Å². The summed E-state index contributed by atoms with van der Waals surface area (Å²) in [7, 11) is 3.95. The van der Waals surface area contributed by atoms with Gasteiger partial charge in [-0.15, -0.1) is 0 Å². The average Bonchev–Trinajstić information content (AvgIpc) is 3.41. The molecule has 1 aliphatic heterocycles. The molecule has 0 amide bonds. The van der Waals surface area contributed by atoms with Crippen LogP contribution in [0.3, 0.4) is 0 Å². The summed E-state index contributed by atoms with van der Waals surface area (Å²) in [6.45, 7) is 5.07. The number of hydrogen-bond acceptors (Lipinski definition) is 4. The lowest BCUT2D eigenvalue weighted by atomic mass is 10.1. The largest absolute Gasteiger partial charge is 0.496 e. The first-order chi connectivity index (χ1) is 14.2.